The van der Waals surface area contributed by atoms with Gasteiger partial charge in [-0.15, -0.1) is 11.8 Å². The number of carbonyl (C=O) groups excluding carboxylic acids is 2. The molecule has 8 heteroatoms. The summed E-state index contributed by atoms with van der Waals surface area (Å²) in [6, 6.07) is 12.9. The molecule has 0 bridgehead atoms. The van der Waals surface area contributed by atoms with Crippen molar-refractivity contribution in [3.05, 3.63) is 48.0 Å². The van der Waals surface area contributed by atoms with E-state index in [0.717, 1.165) is 16.2 Å². The maximum absolute atomic E-state index is 12.2. The summed E-state index contributed by atoms with van der Waals surface area (Å²) in [5.74, 6) is 1.40. The van der Waals surface area contributed by atoms with Crippen molar-refractivity contribution in [1.29, 1.82) is 0 Å². The Morgan fingerprint density at radius 3 is 2.55 bits per heavy atom. The second-order valence-corrected chi connectivity index (χ2v) is 7.34. The molecule has 1 atom stereocenters. The van der Waals surface area contributed by atoms with Crippen LogP contribution in [0.1, 0.15) is 12.5 Å². The topological polar surface area (TPSA) is 83.1 Å². The number of ether oxygens (including phenoxy) is 4. The number of carbonyl (C=O) groups is 2. The number of nitrogens with one attached hydrogen (secondary N) is 1. The van der Waals surface area contributed by atoms with Crippen LogP contribution in [0.4, 0.5) is 0 Å². The Morgan fingerprint density at radius 2 is 1.83 bits per heavy atom. The van der Waals surface area contributed by atoms with Gasteiger partial charge in [0, 0.05) is 11.4 Å². The molecule has 0 fully saturated rings. The van der Waals surface area contributed by atoms with Crippen molar-refractivity contribution in [2.75, 3.05) is 26.1 Å². The van der Waals surface area contributed by atoms with E-state index < -0.39 is 12.1 Å². The van der Waals surface area contributed by atoms with Gasteiger partial charge in [0.2, 0.25) is 0 Å². The van der Waals surface area contributed by atoms with Crippen molar-refractivity contribution in [3.8, 4) is 17.2 Å². The number of hydrogen-bond donors (Lipinski definition) is 1. The summed E-state index contributed by atoms with van der Waals surface area (Å²) >= 11 is 1.32. The van der Waals surface area contributed by atoms with Crippen LogP contribution in [-0.4, -0.2) is 44.1 Å². The predicted octanol–water partition coefficient (Wildman–Crippen LogP) is 2.81. The van der Waals surface area contributed by atoms with Gasteiger partial charge in [-0.3, -0.25) is 9.59 Å². The Kier molecular flexibility index (Phi) is 7.24. The van der Waals surface area contributed by atoms with Crippen molar-refractivity contribution >= 4 is 23.6 Å². The Balaban J connectivity index is 1.41. The van der Waals surface area contributed by atoms with E-state index in [-0.39, 0.29) is 11.7 Å². The van der Waals surface area contributed by atoms with Gasteiger partial charge >= 0.3 is 5.97 Å². The smallest absolute Gasteiger partial charge is 0.317 e. The first kappa shape index (κ1) is 20.9. The van der Waals surface area contributed by atoms with Gasteiger partial charge in [-0.25, -0.2) is 0 Å². The summed E-state index contributed by atoms with van der Waals surface area (Å²) in [7, 11) is 1.60. The fourth-order valence-corrected chi connectivity index (χ4v) is 3.32. The van der Waals surface area contributed by atoms with Crippen LogP contribution in [0.5, 0.6) is 17.2 Å². The predicted molar refractivity (Wildman–Crippen MR) is 109 cm³/mol. The highest BCUT2D eigenvalue weighted by Crippen LogP contribution is 2.34. The standard InChI is InChI=1S/C21H23NO6S/c1-14(21(24)22-12-15-3-5-16(25-2)6-4-15)28-20(23)13-29-17-7-8-18-19(11-17)27-10-9-26-18/h3-8,11,14H,9-10,12-13H2,1-2H3,(H,22,24)/t14-/m0/s1. The van der Waals surface area contributed by atoms with Crippen molar-refractivity contribution in [1.82, 2.24) is 5.32 Å². The molecule has 1 aliphatic rings. The summed E-state index contributed by atoms with van der Waals surface area (Å²) in [6.07, 6.45) is -0.874. The molecule has 7 nitrogen and oxygen atoms in total. The van der Waals surface area contributed by atoms with Gasteiger partial charge in [0.1, 0.15) is 19.0 Å². The van der Waals surface area contributed by atoms with Crippen LogP contribution in [0, 0.1) is 0 Å². The third-order valence-electron chi connectivity index (χ3n) is 4.17. The van der Waals surface area contributed by atoms with E-state index in [1.54, 1.807) is 14.0 Å². The normalized spacial score (nSPS) is 13.3. The van der Waals surface area contributed by atoms with Gasteiger partial charge in [-0.1, -0.05) is 12.1 Å². The van der Waals surface area contributed by atoms with Crippen LogP contribution in [-0.2, 0) is 20.9 Å². The molecule has 0 unspecified atom stereocenters. The number of benzene rings is 2. The lowest BCUT2D eigenvalue weighted by atomic mass is 10.2. The zero-order valence-corrected chi connectivity index (χ0v) is 17.1. The number of fused-ring (bicyclic) bond motifs is 1. The molecule has 0 radical (unpaired) electrons. The van der Waals surface area contributed by atoms with Crippen molar-refractivity contribution in [3.63, 3.8) is 0 Å². The average Bonchev–Trinajstić information content (AvgIpc) is 2.76. The van der Waals surface area contributed by atoms with Crippen LogP contribution in [0.2, 0.25) is 0 Å². The summed E-state index contributed by atoms with van der Waals surface area (Å²) < 4.78 is 21.3. The Labute approximate surface area is 173 Å². The first-order chi connectivity index (χ1) is 14.0. The molecule has 1 aliphatic heterocycles. The Hall–Kier alpha value is -2.87. The molecule has 0 spiro atoms. The molecule has 1 heterocycles. The summed E-state index contributed by atoms with van der Waals surface area (Å²) in [5, 5.41) is 2.76. The number of thioether (sulfide) groups is 1. The van der Waals surface area contributed by atoms with Gasteiger partial charge < -0.3 is 24.3 Å². The molecule has 0 saturated carbocycles. The number of amides is 1. The van der Waals surface area contributed by atoms with Crippen LogP contribution in [0.3, 0.4) is 0 Å². The zero-order valence-electron chi connectivity index (χ0n) is 16.3. The minimum absolute atomic E-state index is 0.0930. The third kappa shape index (κ3) is 6.05. The third-order valence-corrected chi connectivity index (χ3v) is 5.14. The van der Waals surface area contributed by atoms with E-state index in [0.29, 0.717) is 31.3 Å². The Bertz CT molecular complexity index is 855. The number of hydrogen-bond acceptors (Lipinski definition) is 7. The van der Waals surface area contributed by atoms with Crippen LogP contribution >= 0.6 is 11.8 Å². The second kappa shape index (κ2) is 10.1. The van der Waals surface area contributed by atoms with E-state index in [2.05, 4.69) is 5.32 Å². The number of esters is 1. The lowest BCUT2D eigenvalue weighted by Gasteiger charge is -2.18. The molecule has 0 aliphatic carbocycles. The molecule has 1 N–H and O–H groups in total. The maximum Gasteiger partial charge on any atom is 0.317 e. The van der Waals surface area contributed by atoms with Gasteiger partial charge in [0.05, 0.1) is 12.9 Å². The minimum Gasteiger partial charge on any atom is -0.497 e. The quantitative estimate of drug-likeness (QED) is 0.522. The lowest BCUT2D eigenvalue weighted by molar-refractivity contribution is -0.152. The summed E-state index contributed by atoms with van der Waals surface area (Å²) in [6.45, 7) is 2.93. The molecule has 29 heavy (non-hydrogen) atoms. The van der Waals surface area contributed by atoms with Gasteiger partial charge in [-0.05, 0) is 42.8 Å². The van der Waals surface area contributed by atoms with Gasteiger partial charge in [-0.2, -0.15) is 0 Å². The first-order valence-corrected chi connectivity index (χ1v) is 10.2. The Morgan fingerprint density at radius 1 is 1.10 bits per heavy atom. The molecule has 2 aromatic rings. The highest BCUT2D eigenvalue weighted by Gasteiger charge is 2.18. The minimum atomic E-state index is -0.874. The van der Waals surface area contributed by atoms with Crippen LogP contribution in [0.25, 0.3) is 0 Å². The molecule has 0 saturated heterocycles. The van der Waals surface area contributed by atoms with Crippen LogP contribution < -0.4 is 19.5 Å². The molecular weight excluding hydrogens is 394 g/mol. The molecule has 154 valence electrons. The highest BCUT2D eigenvalue weighted by molar-refractivity contribution is 8.00. The van der Waals surface area contributed by atoms with E-state index in [9.17, 15) is 9.59 Å². The van der Waals surface area contributed by atoms with Crippen molar-refractivity contribution in [2.24, 2.45) is 0 Å². The van der Waals surface area contributed by atoms with E-state index in [4.69, 9.17) is 18.9 Å². The largest absolute Gasteiger partial charge is 0.497 e. The van der Waals surface area contributed by atoms with E-state index in [1.165, 1.54) is 11.8 Å². The molecule has 3 rings (SSSR count). The van der Waals surface area contributed by atoms with E-state index >= 15 is 0 Å². The fraction of sp³-hybridized carbons (Fsp3) is 0.333. The van der Waals surface area contributed by atoms with Crippen molar-refractivity contribution in [2.45, 2.75) is 24.5 Å². The maximum atomic E-state index is 12.2. The number of methoxy groups -OCH3 is 1. The van der Waals surface area contributed by atoms with Gasteiger partial charge in [0.25, 0.3) is 5.91 Å². The summed E-state index contributed by atoms with van der Waals surface area (Å²) in [5.41, 5.74) is 0.923. The van der Waals surface area contributed by atoms with Crippen LogP contribution in [0.15, 0.2) is 47.4 Å². The van der Waals surface area contributed by atoms with Gasteiger partial charge in [0.15, 0.2) is 17.6 Å². The molecule has 1 amide bonds. The first-order valence-electron chi connectivity index (χ1n) is 9.17. The second-order valence-electron chi connectivity index (χ2n) is 6.29. The number of rotatable bonds is 8. The van der Waals surface area contributed by atoms with E-state index in [1.807, 2.05) is 42.5 Å². The molecular formula is C21H23NO6S. The average molecular weight is 417 g/mol. The monoisotopic (exact) mass is 417 g/mol. The zero-order chi connectivity index (χ0) is 20.6. The molecule has 0 aromatic heterocycles. The lowest BCUT2D eigenvalue weighted by Crippen LogP contribution is -2.35. The highest BCUT2D eigenvalue weighted by atomic mass is 32.2. The van der Waals surface area contributed by atoms with Crippen molar-refractivity contribution < 1.29 is 28.5 Å². The fourth-order valence-electron chi connectivity index (χ4n) is 2.62. The molecule has 2 aromatic carbocycles. The summed E-state index contributed by atoms with van der Waals surface area (Å²) in [4.78, 5) is 25.1. The SMILES string of the molecule is COc1ccc(CNC(=O)[C@H](C)OC(=O)CSc2ccc3c(c2)OCCO3)cc1.